The van der Waals surface area contributed by atoms with Gasteiger partial charge in [-0.25, -0.2) is 0 Å². The number of rotatable bonds is 4. The topological polar surface area (TPSA) is 104 Å². The third-order valence-corrected chi connectivity index (χ3v) is 5.64. The van der Waals surface area contributed by atoms with Crippen LogP contribution in [0.5, 0.6) is 0 Å². The maximum absolute atomic E-state index is 12.6. The molecule has 1 aromatic carbocycles. The summed E-state index contributed by atoms with van der Waals surface area (Å²) in [6.45, 7) is 1.53. The zero-order valence-electron chi connectivity index (χ0n) is 15.9. The molecule has 0 bridgehead atoms. The van der Waals surface area contributed by atoms with Crippen LogP contribution in [0.2, 0.25) is 0 Å². The van der Waals surface area contributed by atoms with Crippen molar-refractivity contribution in [2.24, 2.45) is 0 Å². The lowest BCUT2D eigenvalue weighted by molar-refractivity contribution is -0.139. The summed E-state index contributed by atoms with van der Waals surface area (Å²) < 4.78 is 11.0. The van der Waals surface area contributed by atoms with Crippen LogP contribution in [-0.2, 0) is 14.3 Å². The van der Waals surface area contributed by atoms with Gasteiger partial charge in [0.1, 0.15) is 18.1 Å². The molecule has 2 aliphatic heterocycles. The predicted molar refractivity (Wildman–Crippen MR) is 109 cm³/mol. The lowest BCUT2D eigenvalue weighted by Crippen LogP contribution is -2.46. The summed E-state index contributed by atoms with van der Waals surface area (Å²) in [7, 11) is 0. The van der Waals surface area contributed by atoms with Gasteiger partial charge in [0.05, 0.1) is 29.8 Å². The Hall–Kier alpha value is -3.35. The molecule has 0 saturated carbocycles. The van der Waals surface area contributed by atoms with Gasteiger partial charge in [-0.2, -0.15) is 5.26 Å². The second kappa shape index (κ2) is 8.57. The molecule has 2 aliphatic rings. The van der Waals surface area contributed by atoms with E-state index in [1.54, 1.807) is 41.3 Å². The van der Waals surface area contributed by atoms with Crippen LogP contribution >= 0.6 is 11.8 Å². The molecule has 0 unspecified atom stereocenters. The van der Waals surface area contributed by atoms with Crippen LogP contribution in [0.4, 0.5) is 4.79 Å². The van der Waals surface area contributed by atoms with Gasteiger partial charge in [0.15, 0.2) is 0 Å². The molecule has 3 amide bonds. The average molecular weight is 423 g/mol. The van der Waals surface area contributed by atoms with Gasteiger partial charge in [0.25, 0.3) is 11.1 Å². The molecule has 0 aliphatic carbocycles. The highest BCUT2D eigenvalue weighted by Gasteiger charge is 2.37. The van der Waals surface area contributed by atoms with Crippen LogP contribution in [0.3, 0.4) is 0 Å². The fraction of sp³-hybridized carbons (Fsp3) is 0.238. The zero-order valence-corrected chi connectivity index (χ0v) is 16.7. The number of amides is 3. The molecule has 152 valence electrons. The van der Waals surface area contributed by atoms with Crippen molar-refractivity contribution in [2.75, 3.05) is 32.8 Å². The highest BCUT2D eigenvalue weighted by atomic mass is 32.2. The number of furan rings is 1. The average Bonchev–Trinajstić information content (AvgIpc) is 3.35. The lowest BCUT2D eigenvalue weighted by Gasteiger charge is -2.27. The molecule has 2 aromatic rings. The van der Waals surface area contributed by atoms with Gasteiger partial charge >= 0.3 is 0 Å². The molecule has 0 spiro atoms. The van der Waals surface area contributed by atoms with Gasteiger partial charge in [-0.05, 0) is 48.2 Å². The highest BCUT2D eigenvalue weighted by Crippen LogP contribution is 2.33. The van der Waals surface area contributed by atoms with E-state index in [-0.39, 0.29) is 17.4 Å². The number of imide groups is 1. The Labute approximate surface area is 176 Å². The molecule has 30 heavy (non-hydrogen) atoms. The van der Waals surface area contributed by atoms with E-state index in [9.17, 15) is 14.4 Å². The van der Waals surface area contributed by atoms with Crippen molar-refractivity contribution in [3.63, 3.8) is 0 Å². The number of hydrogen-bond acceptors (Lipinski definition) is 7. The summed E-state index contributed by atoms with van der Waals surface area (Å²) >= 11 is 0.782. The van der Waals surface area contributed by atoms with Crippen molar-refractivity contribution in [3.05, 3.63) is 52.6 Å². The molecule has 0 N–H and O–H groups in total. The SMILES string of the molecule is N#Cc1ccc(-c2ccc(/C=C3\SC(=O)N(CC(=O)N4CCOCC4)C3=O)o2)cc1. The van der Waals surface area contributed by atoms with Crippen LogP contribution in [0.1, 0.15) is 11.3 Å². The van der Waals surface area contributed by atoms with Gasteiger partial charge in [-0.1, -0.05) is 0 Å². The third kappa shape index (κ3) is 4.15. The van der Waals surface area contributed by atoms with E-state index in [0.29, 0.717) is 43.4 Å². The van der Waals surface area contributed by atoms with Crippen molar-refractivity contribution in [2.45, 2.75) is 0 Å². The largest absolute Gasteiger partial charge is 0.457 e. The van der Waals surface area contributed by atoms with Crippen LogP contribution in [-0.4, -0.2) is 59.7 Å². The van der Waals surface area contributed by atoms with Gasteiger partial charge in [0.2, 0.25) is 5.91 Å². The van der Waals surface area contributed by atoms with Gasteiger partial charge < -0.3 is 14.1 Å². The number of thioether (sulfide) groups is 1. The maximum Gasteiger partial charge on any atom is 0.294 e. The summed E-state index contributed by atoms with van der Waals surface area (Å²) in [4.78, 5) is 40.0. The Morgan fingerprint density at radius 2 is 1.87 bits per heavy atom. The van der Waals surface area contributed by atoms with E-state index in [4.69, 9.17) is 14.4 Å². The van der Waals surface area contributed by atoms with Crippen molar-refractivity contribution in [1.82, 2.24) is 9.80 Å². The molecule has 1 aromatic heterocycles. The fourth-order valence-electron chi connectivity index (χ4n) is 3.11. The predicted octanol–water partition coefficient (Wildman–Crippen LogP) is 2.71. The Morgan fingerprint density at radius 3 is 2.57 bits per heavy atom. The van der Waals surface area contributed by atoms with Crippen molar-refractivity contribution < 1.29 is 23.5 Å². The van der Waals surface area contributed by atoms with E-state index in [1.165, 1.54) is 6.08 Å². The fourth-order valence-corrected chi connectivity index (χ4v) is 3.93. The molecule has 8 nitrogen and oxygen atoms in total. The summed E-state index contributed by atoms with van der Waals surface area (Å²) in [5.41, 5.74) is 1.34. The minimum absolute atomic E-state index is 0.204. The van der Waals surface area contributed by atoms with Crippen LogP contribution in [0.25, 0.3) is 17.4 Å². The molecular formula is C21H17N3O5S. The molecule has 2 fully saturated rings. The first-order valence-electron chi connectivity index (χ1n) is 9.26. The van der Waals surface area contributed by atoms with E-state index < -0.39 is 11.1 Å². The molecule has 9 heteroatoms. The number of ether oxygens (including phenoxy) is 1. The van der Waals surface area contributed by atoms with Gasteiger partial charge in [-0.3, -0.25) is 19.3 Å². The lowest BCUT2D eigenvalue weighted by atomic mass is 10.1. The second-order valence-electron chi connectivity index (χ2n) is 6.65. The third-order valence-electron chi connectivity index (χ3n) is 4.73. The molecule has 0 radical (unpaired) electrons. The number of benzene rings is 1. The second-order valence-corrected chi connectivity index (χ2v) is 7.65. The number of morpholine rings is 1. The van der Waals surface area contributed by atoms with Gasteiger partial charge in [-0.15, -0.1) is 0 Å². The van der Waals surface area contributed by atoms with E-state index in [0.717, 1.165) is 22.2 Å². The molecule has 4 rings (SSSR count). The maximum atomic E-state index is 12.6. The number of nitrogens with zero attached hydrogens (tertiary/aromatic N) is 3. The van der Waals surface area contributed by atoms with Gasteiger partial charge in [0, 0.05) is 24.7 Å². The number of carbonyl (C=O) groups is 3. The minimum Gasteiger partial charge on any atom is -0.457 e. The quantitative estimate of drug-likeness (QED) is 0.697. The molecular weight excluding hydrogens is 406 g/mol. The van der Waals surface area contributed by atoms with Crippen LogP contribution < -0.4 is 0 Å². The summed E-state index contributed by atoms with van der Waals surface area (Å²) in [5.74, 6) is 0.206. The van der Waals surface area contributed by atoms with Crippen LogP contribution in [0.15, 0.2) is 45.7 Å². The first-order valence-corrected chi connectivity index (χ1v) is 10.1. The first-order chi connectivity index (χ1) is 14.5. The number of hydrogen-bond donors (Lipinski definition) is 0. The monoisotopic (exact) mass is 423 g/mol. The summed E-state index contributed by atoms with van der Waals surface area (Å²) in [6.07, 6.45) is 1.50. The smallest absolute Gasteiger partial charge is 0.294 e. The Morgan fingerprint density at radius 1 is 1.13 bits per heavy atom. The minimum atomic E-state index is -0.511. The van der Waals surface area contributed by atoms with Crippen molar-refractivity contribution in [3.8, 4) is 17.4 Å². The molecule has 2 saturated heterocycles. The molecule has 0 atom stereocenters. The Bertz CT molecular complexity index is 1060. The first kappa shape index (κ1) is 19.9. The summed E-state index contributed by atoms with van der Waals surface area (Å²) in [6, 6.07) is 12.4. The summed E-state index contributed by atoms with van der Waals surface area (Å²) in [5, 5.41) is 8.40. The Kier molecular flexibility index (Phi) is 5.70. The Balaban J connectivity index is 1.46. The van der Waals surface area contributed by atoms with E-state index in [1.807, 2.05) is 0 Å². The molecule has 3 heterocycles. The van der Waals surface area contributed by atoms with Crippen LogP contribution in [0, 0.1) is 11.3 Å². The standard InChI is InChI=1S/C21H17N3O5S/c22-12-14-1-3-15(4-2-14)17-6-5-16(29-17)11-18-20(26)24(21(27)30-18)13-19(25)23-7-9-28-10-8-23/h1-6,11H,7-10,13H2/b18-11-. The number of nitriles is 1. The number of carbonyl (C=O) groups excluding carboxylic acids is 3. The van der Waals surface area contributed by atoms with E-state index >= 15 is 0 Å². The van der Waals surface area contributed by atoms with Crippen molar-refractivity contribution >= 4 is 34.9 Å². The van der Waals surface area contributed by atoms with Crippen molar-refractivity contribution in [1.29, 1.82) is 5.26 Å². The highest BCUT2D eigenvalue weighted by molar-refractivity contribution is 8.18. The zero-order chi connectivity index (χ0) is 21.1. The normalized spacial score (nSPS) is 18.2. The van der Waals surface area contributed by atoms with E-state index in [2.05, 4.69) is 6.07 Å².